The fourth-order valence-corrected chi connectivity index (χ4v) is 1.73. The first kappa shape index (κ1) is 14.5. The van der Waals surface area contributed by atoms with E-state index in [1.807, 2.05) is 19.1 Å². The summed E-state index contributed by atoms with van der Waals surface area (Å²) < 4.78 is 0. The van der Waals surface area contributed by atoms with Crippen LogP contribution in [0, 0.1) is 0 Å². The molecule has 0 aliphatic heterocycles. The molecule has 2 atom stereocenters. The number of amides is 1. The number of hydrogen-bond acceptors (Lipinski definition) is 2. The molecule has 1 aromatic carbocycles. The molecule has 1 aromatic rings. The van der Waals surface area contributed by atoms with Crippen LogP contribution in [-0.2, 0) is 11.2 Å². The molecule has 0 heterocycles. The Kier molecular flexibility index (Phi) is 5.59. The Bertz CT molecular complexity index is 397. The van der Waals surface area contributed by atoms with E-state index in [-0.39, 0.29) is 11.9 Å². The number of nitrogens with one attached hydrogen (secondary N) is 1. The molecule has 0 radical (unpaired) electrons. The molecule has 98 valence electrons. The molecule has 18 heavy (non-hydrogen) atoms. The Morgan fingerprint density at radius 3 is 2.56 bits per heavy atom. The smallest absolute Gasteiger partial charge is 0.237 e. The minimum absolute atomic E-state index is 0.0285. The highest BCUT2D eigenvalue weighted by molar-refractivity contribution is 5.82. The van der Waals surface area contributed by atoms with E-state index in [1.54, 1.807) is 6.08 Å². The maximum Gasteiger partial charge on any atom is 0.237 e. The summed E-state index contributed by atoms with van der Waals surface area (Å²) in [6, 6.07) is 7.72. The number of carbonyl (C=O) groups excluding carboxylic acids is 1. The van der Waals surface area contributed by atoms with E-state index in [9.17, 15) is 4.79 Å². The summed E-state index contributed by atoms with van der Waals surface area (Å²) in [5, 5.41) is 2.91. The zero-order valence-electron chi connectivity index (χ0n) is 11.1. The van der Waals surface area contributed by atoms with Gasteiger partial charge in [0, 0.05) is 0 Å². The first-order valence-corrected chi connectivity index (χ1v) is 6.34. The number of aryl methyl sites for hydroxylation is 1. The summed E-state index contributed by atoms with van der Waals surface area (Å²) in [5.74, 6) is -0.137. The Morgan fingerprint density at radius 1 is 1.44 bits per heavy atom. The number of carbonyl (C=O) groups is 1. The lowest BCUT2D eigenvalue weighted by molar-refractivity contribution is -0.122. The van der Waals surface area contributed by atoms with Crippen molar-refractivity contribution in [3.8, 4) is 0 Å². The average molecular weight is 246 g/mol. The zero-order chi connectivity index (χ0) is 13.5. The zero-order valence-corrected chi connectivity index (χ0v) is 11.1. The second kappa shape index (κ2) is 6.97. The summed E-state index contributed by atoms with van der Waals surface area (Å²) in [4.78, 5) is 11.8. The standard InChI is InChI=1S/C15H22N2O/c1-4-6-14(16)15(18)17-11(3)13-9-7-12(5-2)8-10-13/h4,7-11,14H,1,5-6,16H2,2-3H3,(H,17,18). The van der Waals surface area contributed by atoms with Crippen LogP contribution in [0.5, 0.6) is 0 Å². The normalized spacial score (nSPS) is 13.7. The number of nitrogens with two attached hydrogens (primary N) is 1. The van der Waals surface area contributed by atoms with Crippen molar-refractivity contribution in [3.05, 3.63) is 48.0 Å². The van der Waals surface area contributed by atoms with E-state index in [1.165, 1.54) is 5.56 Å². The predicted octanol–water partition coefficient (Wildman–Crippen LogP) is 2.33. The quantitative estimate of drug-likeness (QED) is 0.757. The fourth-order valence-electron chi connectivity index (χ4n) is 1.73. The fraction of sp³-hybridized carbons (Fsp3) is 0.400. The molecule has 1 amide bonds. The predicted molar refractivity (Wildman–Crippen MR) is 75.2 cm³/mol. The second-order valence-corrected chi connectivity index (χ2v) is 4.46. The molecular weight excluding hydrogens is 224 g/mol. The van der Waals surface area contributed by atoms with E-state index < -0.39 is 6.04 Å². The average Bonchev–Trinajstić information content (AvgIpc) is 2.39. The first-order chi connectivity index (χ1) is 8.58. The van der Waals surface area contributed by atoms with Crippen molar-refractivity contribution in [1.82, 2.24) is 5.32 Å². The van der Waals surface area contributed by atoms with Gasteiger partial charge >= 0.3 is 0 Å². The van der Waals surface area contributed by atoms with Gasteiger partial charge in [-0.3, -0.25) is 4.79 Å². The van der Waals surface area contributed by atoms with Crippen LogP contribution in [-0.4, -0.2) is 11.9 Å². The van der Waals surface area contributed by atoms with Crippen LogP contribution in [0.2, 0.25) is 0 Å². The highest BCUT2D eigenvalue weighted by Gasteiger charge is 2.15. The van der Waals surface area contributed by atoms with Gasteiger partial charge in [-0.1, -0.05) is 37.3 Å². The Balaban J connectivity index is 2.61. The van der Waals surface area contributed by atoms with E-state index in [0.29, 0.717) is 6.42 Å². The molecule has 0 aromatic heterocycles. The SMILES string of the molecule is C=CCC(N)C(=O)NC(C)c1ccc(CC)cc1. The summed E-state index contributed by atoms with van der Waals surface area (Å²) in [6.45, 7) is 7.66. The van der Waals surface area contributed by atoms with E-state index in [0.717, 1.165) is 12.0 Å². The second-order valence-electron chi connectivity index (χ2n) is 4.46. The summed E-state index contributed by atoms with van der Waals surface area (Å²) in [5.41, 5.74) is 8.10. The van der Waals surface area contributed by atoms with Crippen molar-refractivity contribution < 1.29 is 4.79 Å². The molecule has 0 spiro atoms. The van der Waals surface area contributed by atoms with E-state index in [2.05, 4.69) is 31.0 Å². The lowest BCUT2D eigenvalue weighted by Crippen LogP contribution is -2.41. The van der Waals surface area contributed by atoms with Gasteiger partial charge < -0.3 is 11.1 Å². The Hall–Kier alpha value is -1.61. The van der Waals surface area contributed by atoms with Gasteiger partial charge in [-0.2, -0.15) is 0 Å². The number of benzene rings is 1. The summed E-state index contributed by atoms with van der Waals surface area (Å²) in [6.07, 6.45) is 3.17. The first-order valence-electron chi connectivity index (χ1n) is 6.34. The van der Waals surface area contributed by atoms with Gasteiger partial charge in [-0.05, 0) is 30.9 Å². The van der Waals surface area contributed by atoms with Gasteiger partial charge in [0.05, 0.1) is 12.1 Å². The van der Waals surface area contributed by atoms with Crippen molar-refractivity contribution in [2.24, 2.45) is 5.73 Å². The number of rotatable bonds is 6. The largest absolute Gasteiger partial charge is 0.348 e. The molecule has 0 aliphatic carbocycles. The number of hydrogen-bond donors (Lipinski definition) is 2. The molecule has 0 saturated carbocycles. The molecule has 0 aliphatic rings. The lowest BCUT2D eigenvalue weighted by Gasteiger charge is -2.17. The van der Waals surface area contributed by atoms with Crippen LogP contribution in [0.4, 0.5) is 0 Å². The van der Waals surface area contributed by atoms with E-state index >= 15 is 0 Å². The van der Waals surface area contributed by atoms with Gasteiger partial charge in [0.25, 0.3) is 0 Å². The van der Waals surface area contributed by atoms with Crippen molar-refractivity contribution in [1.29, 1.82) is 0 Å². The molecule has 3 N–H and O–H groups in total. The van der Waals surface area contributed by atoms with Crippen LogP contribution >= 0.6 is 0 Å². The van der Waals surface area contributed by atoms with Crippen molar-refractivity contribution >= 4 is 5.91 Å². The van der Waals surface area contributed by atoms with Gasteiger partial charge in [0.2, 0.25) is 5.91 Å². The topological polar surface area (TPSA) is 55.1 Å². The third kappa shape index (κ3) is 4.00. The lowest BCUT2D eigenvalue weighted by atomic mass is 10.0. The van der Waals surface area contributed by atoms with Gasteiger partial charge in [0.1, 0.15) is 0 Å². The van der Waals surface area contributed by atoms with Gasteiger partial charge in [-0.25, -0.2) is 0 Å². The maximum absolute atomic E-state index is 11.8. The van der Waals surface area contributed by atoms with Crippen molar-refractivity contribution in [2.45, 2.75) is 38.8 Å². The van der Waals surface area contributed by atoms with E-state index in [4.69, 9.17) is 5.73 Å². The van der Waals surface area contributed by atoms with Crippen molar-refractivity contribution in [3.63, 3.8) is 0 Å². The Morgan fingerprint density at radius 2 is 2.06 bits per heavy atom. The monoisotopic (exact) mass is 246 g/mol. The molecular formula is C15H22N2O. The van der Waals surface area contributed by atoms with Crippen molar-refractivity contribution in [2.75, 3.05) is 0 Å². The van der Waals surface area contributed by atoms with Crippen LogP contribution in [0.1, 0.15) is 37.4 Å². The van der Waals surface area contributed by atoms with Crippen LogP contribution < -0.4 is 11.1 Å². The maximum atomic E-state index is 11.8. The molecule has 0 fully saturated rings. The minimum atomic E-state index is -0.514. The molecule has 1 rings (SSSR count). The Labute approximate surface area is 109 Å². The summed E-state index contributed by atoms with van der Waals surface area (Å²) in [7, 11) is 0. The minimum Gasteiger partial charge on any atom is -0.348 e. The van der Waals surface area contributed by atoms with Gasteiger partial charge in [-0.15, -0.1) is 6.58 Å². The van der Waals surface area contributed by atoms with Gasteiger partial charge in [0.15, 0.2) is 0 Å². The van der Waals surface area contributed by atoms with Crippen LogP contribution in [0.25, 0.3) is 0 Å². The summed E-state index contributed by atoms with van der Waals surface area (Å²) >= 11 is 0. The third-order valence-electron chi connectivity index (χ3n) is 3.00. The highest BCUT2D eigenvalue weighted by Crippen LogP contribution is 2.13. The molecule has 0 saturated heterocycles. The highest BCUT2D eigenvalue weighted by atomic mass is 16.2. The molecule has 0 bridgehead atoms. The molecule has 3 nitrogen and oxygen atoms in total. The molecule has 2 unspecified atom stereocenters. The van der Waals surface area contributed by atoms with Crippen LogP contribution in [0.3, 0.4) is 0 Å². The van der Waals surface area contributed by atoms with Crippen LogP contribution in [0.15, 0.2) is 36.9 Å². The molecule has 3 heteroatoms. The third-order valence-corrected chi connectivity index (χ3v) is 3.00.